The molecule has 3 aliphatic rings. The van der Waals surface area contributed by atoms with E-state index in [1.54, 1.807) is 0 Å². The first-order valence-electron chi connectivity index (χ1n) is 38.0. The highest BCUT2D eigenvalue weighted by Crippen LogP contribution is 2.48. The Bertz CT molecular complexity index is 3780. The summed E-state index contributed by atoms with van der Waals surface area (Å²) in [5, 5.41) is 7.47. The predicted molar refractivity (Wildman–Crippen MR) is 420 cm³/mol. The number of carbonyl (C=O) groups is 2. The van der Waals surface area contributed by atoms with Crippen LogP contribution < -0.4 is 29.6 Å². The SMILES string of the molecule is CCCCCC1CCC(COc2c(C)cc(Nc3ccc(Sc4ccc(-c5cc(C)c(OCCCC)c(C)c5)cc4)c4c3C(=O)c3c(Nc5cc(C)c(OCC6CCC(CCCCC)CC6)c(C)c5)ccc(Sc5ccc(-c6cc(C)c(OCCCC)c(C)c6)cc5)c3C4=O)cc2C)CC1. The number of carbonyl (C=O) groups excluding carboxylic acids is 2. The van der Waals surface area contributed by atoms with Gasteiger partial charge in [-0.15, -0.1) is 0 Å². The lowest BCUT2D eigenvalue weighted by molar-refractivity contribution is 0.0976. The minimum atomic E-state index is -0.229. The molecule has 8 nitrogen and oxygen atoms in total. The van der Waals surface area contributed by atoms with E-state index in [9.17, 15) is 0 Å². The number of ether oxygens (including phenoxy) is 4. The normalized spacial score (nSPS) is 16.6. The molecule has 10 heteroatoms. The Morgan fingerprint density at radius 3 is 0.990 bits per heavy atom. The zero-order chi connectivity index (χ0) is 70.4. The fraction of sp³-hybridized carbons (Fsp3) is 0.444. The second-order valence-corrected chi connectivity index (χ2v) is 31.7. The molecule has 0 heterocycles. The Labute approximate surface area is 607 Å². The Morgan fingerprint density at radius 1 is 0.340 bits per heavy atom. The lowest BCUT2D eigenvalue weighted by Crippen LogP contribution is -2.25. The van der Waals surface area contributed by atoms with Crippen LogP contribution in [0.15, 0.2) is 141 Å². The second-order valence-electron chi connectivity index (χ2n) is 29.4. The summed E-state index contributed by atoms with van der Waals surface area (Å²) in [6.07, 6.45) is 24.8. The van der Waals surface area contributed by atoms with Gasteiger partial charge in [-0.05, 0) is 281 Å². The summed E-state index contributed by atoms with van der Waals surface area (Å²) in [7, 11) is 0. The molecular formula is C90H110N2O6S2. The van der Waals surface area contributed by atoms with Crippen LogP contribution in [-0.4, -0.2) is 38.0 Å². The van der Waals surface area contributed by atoms with Gasteiger partial charge < -0.3 is 29.6 Å². The van der Waals surface area contributed by atoms with Gasteiger partial charge in [-0.1, -0.05) is 165 Å². The van der Waals surface area contributed by atoms with E-state index in [0.29, 0.717) is 81.7 Å². The van der Waals surface area contributed by atoms with Crippen molar-refractivity contribution in [1.82, 2.24) is 0 Å². The number of nitrogens with one attached hydrogen (secondary N) is 2. The zero-order valence-corrected chi connectivity index (χ0v) is 63.7. The molecule has 0 unspecified atom stereocenters. The first kappa shape index (κ1) is 73.8. The number of anilines is 4. The quantitative estimate of drug-likeness (QED) is 0.0397. The molecule has 0 saturated heterocycles. The third-order valence-corrected chi connectivity index (χ3v) is 23.4. The number of hydrogen-bond donors (Lipinski definition) is 2. The van der Waals surface area contributed by atoms with Crippen LogP contribution in [0.4, 0.5) is 22.7 Å². The number of ketones is 2. The van der Waals surface area contributed by atoms with Crippen molar-refractivity contribution in [2.75, 3.05) is 37.1 Å². The fourth-order valence-corrected chi connectivity index (χ4v) is 17.6. The predicted octanol–water partition coefficient (Wildman–Crippen LogP) is 25.9. The number of benzene rings is 8. The van der Waals surface area contributed by atoms with Crippen molar-refractivity contribution >= 4 is 57.8 Å². The lowest BCUT2D eigenvalue weighted by atomic mass is 9.80. The maximum Gasteiger partial charge on any atom is 0.198 e. The Kier molecular flexibility index (Phi) is 25.8. The topological polar surface area (TPSA) is 95.1 Å². The molecule has 8 aromatic rings. The number of aryl methyl sites for hydroxylation is 8. The van der Waals surface area contributed by atoms with Gasteiger partial charge in [0, 0.05) is 42.1 Å². The maximum atomic E-state index is 16.5. The molecule has 0 aromatic heterocycles. The summed E-state index contributed by atoms with van der Waals surface area (Å²) < 4.78 is 26.0. The molecule has 0 amide bonds. The van der Waals surface area contributed by atoms with E-state index in [1.807, 2.05) is 24.3 Å². The molecule has 0 atom stereocenters. The van der Waals surface area contributed by atoms with Crippen LogP contribution in [0.1, 0.15) is 232 Å². The first-order valence-corrected chi connectivity index (χ1v) is 39.6. The molecular weight excluding hydrogens is 1270 g/mol. The van der Waals surface area contributed by atoms with Crippen LogP contribution in [-0.2, 0) is 0 Å². The van der Waals surface area contributed by atoms with Crippen LogP contribution in [0.5, 0.6) is 23.0 Å². The monoisotopic (exact) mass is 1380 g/mol. The van der Waals surface area contributed by atoms with E-state index in [0.717, 1.165) is 148 Å². The maximum absolute atomic E-state index is 16.5. The van der Waals surface area contributed by atoms with E-state index in [2.05, 4.69) is 191 Å². The van der Waals surface area contributed by atoms with Gasteiger partial charge in [0.25, 0.3) is 0 Å². The van der Waals surface area contributed by atoms with Gasteiger partial charge >= 0.3 is 0 Å². The highest BCUT2D eigenvalue weighted by molar-refractivity contribution is 7.99. The van der Waals surface area contributed by atoms with E-state index in [1.165, 1.54) is 126 Å². The molecule has 3 aliphatic carbocycles. The van der Waals surface area contributed by atoms with Gasteiger partial charge in [0.15, 0.2) is 11.6 Å². The number of rotatable bonds is 32. The minimum Gasteiger partial charge on any atom is -0.493 e. The van der Waals surface area contributed by atoms with Crippen molar-refractivity contribution in [3.63, 3.8) is 0 Å². The molecule has 100 heavy (non-hydrogen) atoms. The zero-order valence-electron chi connectivity index (χ0n) is 62.1. The molecule has 2 fully saturated rings. The molecule has 8 aromatic carbocycles. The van der Waals surface area contributed by atoms with Gasteiger partial charge in [-0.25, -0.2) is 0 Å². The van der Waals surface area contributed by atoms with Gasteiger partial charge in [0.05, 0.1) is 48.9 Å². The summed E-state index contributed by atoms with van der Waals surface area (Å²) in [5.74, 6) is 6.11. The second kappa shape index (κ2) is 35.0. The summed E-state index contributed by atoms with van der Waals surface area (Å²) in [6, 6.07) is 42.4. The van der Waals surface area contributed by atoms with Crippen LogP contribution in [0, 0.1) is 79.1 Å². The highest BCUT2D eigenvalue weighted by atomic mass is 32.2. The van der Waals surface area contributed by atoms with Crippen LogP contribution in [0.2, 0.25) is 0 Å². The average molecular weight is 1380 g/mol. The molecule has 528 valence electrons. The van der Waals surface area contributed by atoms with Crippen molar-refractivity contribution in [2.45, 2.75) is 231 Å². The van der Waals surface area contributed by atoms with Gasteiger partial charge in [-0.3, -0.25) is 9.59 Å². The minimum absolute atomic E-state index is 0.202. The van der Waals surface area contributed by atoms with Crippen LogP contribution in [0.25, 0.3) is 22.3 Å². The Hall–Kier alpha value is -7.40. The number of unbranched alkanes of at least 4 members (excludes halogenated alkanes) is 6. The number of fused-ring (bicyclic) bond motifs is 2. The van der Waals surface area contributed by atoms with Crippen molar-refractivity contribution in [3.8, 4) is 45.3 Å². The van der Waals surface area contributed by atoms with Crippen molar-refractivity contribution < 1.29 is 28.5 Å². The molecule has 2 N–H and O–H groups in total. The molecule has 0 aliphatic heterocycles. The van der Waals surface area contributed by atoms with Crippen molar-refractivity contribution in [3.05, 3.63) is 188 Å². The highest BCUT2D eigenvalue weighted by Gasteiger charge is 2.39. The van der Waals surface area contributed by atoms with Gasteiger partial charge in [0.1, 0.15) is 23.0 Å². The van der Waals surface area contributed by atoms with E-state index in [-0.39, 0.29) is 11.6 Å². The Morgan fingerprint density at radius 2 is 0.650 bits per heavy atom. The lowest BCUT2D eigenvalue weighted by Gasteiger charge is -2.29. The standard InChI is InChI=1S/C90H110N2O6S2/c1-13-17-21-23-65-25-29-67(30-26-65)55-97-89-61(9)51-73(52-62(89)10)91-77-41-43-79(99-75-37-33-69(34-38-75)71-47-57(5)87(58(6)48-71)95-45-19-15-3)83-81(77)85(93)82-78(92-74-53-63(11)90(64(12)54-74)98-56-68-31-27-66(28-32-68)24-22-18-14-2)42-44-80(84(82)86(83)94)100-76-39-35-70(36-40-76)72-49-59(7)88(60(8)50-72)96-46-20-16-4/h33-44,47-54,65-68,91-92H,13-32,45-46,55-56H2,1-12H3. The molecule has 2 saturated carbocycles. The van der Waals surface area contributed by atoms with Crippen LogP contribution in [0.3, 0.4) is 0 Å². The third-order valence-electron chi connectivity index (χ3n) is 21.3. The van der Waals surface area contributed by atoms with Gasteiger partial charge in [-0.2, -0.15) is 0 Å². The first-order chi connectivity index (χ1) is 48.5. The smallest absolute Gasteiger partial charge is 0.198 e. The summed E-state index contributed by atoms with van der Waals surface area (Å²) in [4.78, 5) is 36.3. The molecule has 0 radical (unpaired) electrons. The van der Waals surface area contributed by atoms with E-state index in [4.69, 9.17) is 18.9 Å². The molecule has 0 bridgehead atoms. The summed E-state index contributed by atoms with van der Waals surface area (Å²) in [6.45, 7) is 28.7. The number of hydrogen-bond acceptors (Lipinski definition) is 10. The molecule has 11 rings (SSSR count). The third kappa shape index (κ3) is 18.1. The summed E-state index contributed by atoms with van der Waals surface area (Å²) >= 11 is 3.03. The van der Waals surface area contributed by atoms with E-state index >= 15 is 9.59 Å². The Balaban J connectivity index is 0.946. The largest absolute Gasteiger partial charge is 0.493 e. The van der Waals surface area contributed by atoms with Crippen LogP contribution >= 0.6 is 23.5 Å². The molecule has 0 spiro atoms. The van der Waals surface area contributed by atoms with E-state index < -0.39 is 0 Å². The fourth-order valence-electron chi connectivity index (χ4n) is 15.7. The summed E-state index contributed by atoms with van der Waals surface area (Å²) in [5.41, 5.74) is 17.2. The van der Waals surface area contributed by atoms with Gasteiger partial charge in [0.2, 0.25) is 0 Å². The van der Waals surface area contributed by atoms with Crippen molar-refractivity contribution in [1.29, 1.82) is 0 Å². The van der Waals surface area contributed by atoms with Crippen molar-refractivity contribution in [2.24, 2.45) is 23.7 Å². The average Bonchev–Trinajstić information content (AvgIpc) is 0.723.